The molecule has 0 spiro atoms. The Labute approximate surface area is 126 Å². The van der Waals surface area contributed by atoms with Gasteiger partial charge in [-0.3, -0.25) is 4.98 Å². The van der Waals surface area contributed by atoms with Crippen LogP contribution in [0.1, 0.15) is 26.5 Å². The van der Waals surface area contributed by atoms with Crippen LogP contribution in [0.5, 0.6) is 0 Å². The highest BCUT2D eigenvalue weighted by atomic mass is 35.5. The summed E-state index contributed by atoms with van der Waals surface area (Å²) in [5.41, 5.74) is -1.99. The largest absolute Gasteiger partial charge is 0.549 e. The normalized spacial score (nSPS) is 17.0. The number of hydrogen-bond donors (Lipinski definition) is 0. The molecular formula is C13H15ClN3O4-. The highest BCUT2D eigenvalue weighted by molar-refractivity contribution is 6.30. The Morgan fingerprint density at radius 3 is 2.38 bits per heavy atom. The fraction of sp³-hybridized carbons (Fsp3) is 0.538. The lowest BCUT2D eigenvalue weighted by molar-refractivity contribution is -0.318. The summed E-state index contributed by atoms with van der Waals surface area (Å²) in [5, 5.41) is 11.5. The third-order valence-corrected chi connectivity index (χ3v) is 3.35. The standard InChI is InChI=1S/C13H16ClN3O4/c1-12(2,3)21-11(20)17-6-13(7-17,10(18)19)8-9(14)16-5-4-15-8/h4-5H,6-7H2,1-3H3,(H,18,19)/p-1. The maximum absolute atomic E-state index is 11.9. The lowest BCUT2D eigenvalue weighted by Crippen LogP contribution is -2.69. The molecule has 0 aromatic carbocycles. The number of rotatable bonds is 2. The molecule has 8 heteroatoms. The van der Waals surface area contributed by atoms with Crippen molar-refractivity contribution in [1.29, 1.82) is 0 Å². The van der Waals surface area contributed by atoms with Gasteiger partial charge in [0.05, 0.1) is 17.1 Å². The van der Waals surface area contributed by atoms with Crippen LogP contribution in [0.3, 0.4) is 0 Å². The Morgan fingerprint density at radius 2 is 1.90 bits per heavy atom. The van der Waals surface area contributed by atoms with Crippen LogP contribution in [-0.4, -0.2) is 45.6 Å². The minimum Gasteiger partial charge on any atom is -0.549 e. The average molecular weight is 313 g/mol. The number of hydrogen-bond acceptors (Lipinski definition) is 6. The summed E-state index contributed by atoms with van der Waals surface area (Å²) < 4.78 is 5.19. The number of nitrogens with zero attached hydrogens (tertiary/aromatic N) is 3. The molecule has 1 aliphatic rings. The van der Waals surface area contributed by atoms with Crippen LogP contribution in [0, 0.1) is 0 Å². The van der Waals surface area contributed by atoms with Crippen molar-refractivity contribution in [3.63, 3.8) is 0 Å². The minimum absolute atomic E-state index is 0.00876. The van der Waals surface area contributed by atoms with Gasteiger partial charge in [-0.05, 0) is 20.8 Å². The Morgan fingerprint density at radius 1 is 1.33 bits per heavy atom. The van der Waals surface area contributed by atoms with Crippen LogP contribution in [-0.2, 0) is 14.9 Å². The molecule has 0 N–H and O–H groups in total. The first kappa shape index (κ1) is 15.5. The fourth-order valence-electron chi connectivity index (χ4n) is 2.08. The third-order valence-electron chi connectivity index (χ3n) is 3.07. The third kappa shape index (κ3) is 2.92. The Kier molecular flexibility index (Phi) is 3.79. The summed E-state index contributed by atoms with van der Waals surface area (Å²) in [6.07, 6.45) is 2.13. The van der Waals surface area contributed by atoms with E-state index in [9.17, 15) is 14.7 Å². The first-order valence-electron chi connectivity index (χ1n) is 6.32. The van der Waals surface area contributed by atoms with Gasteiger partial charge in [-0.25, -0.2) is 9.78 Å². The van der Waals surface area contributed by atoms with Crippen LogP contribution in [0.2, 0.25) is 5.15 Å². The zero-order valence-electron chi connectivity index (χ0n) is 11.9. The Hall–Kier alpha value is -1.89. The molecule has 0 unspecified atom stereocenters. The van der Waals surface area contributed by atoms with Crippen molar-refractivity contribution in [1.82, 2.24) is 14.9 Å². The number of amides is 1. The second kappa shape index (κ2) is 5.14. The molecule has 2 heterocycles. The number of carbonyl (C=O) groups excluding carboxylic acids is 2. The highest BCUT2D eigenvalue weighted by Gasteiger charge is 2.51. The van der Waals surface area contributed by atoms with Crippen LogP contribution < -0.4 is 5.11 Å². The summed E-state index contributed by atoms with van der Waals surface area (Å²) in [6.45, 7) is 4.98. The van der Waals surface area contributed by atoms with Crippen LogP contribution in [0.4, 0.5) is 4.79 Å². The lowest BCUT2D eigenvalue weighted by Gasteiger charge is -2.49. The Bertz CT molecular complexity index is 579. The van der Waals surface area contributed by atoms with E-state index in [1.165, 1.54) is 17.3 Å². The number of carboxylic acid groups (broad SMARTS) is 1. The van der Waals surface area contributed by atoms with E-state index in [1.54, 1.807) is 20.8 Å². The molecule has 1 aliphatic heterocycles. The number of likely N-dealkylation sites (tertiary alicyclic amines) is 1. The molecule has 0 atom stereocenters. The van der Waals surface area contributed by atoms with Gasteiger partial charge in [0.1, 0.15) is 5.60 Å². The van der Waals surface area contributed by atoms with Crippen LogP contribution in [0.15, 0.2) is 12.4 Å². The van der Waals surface area contributed by atoms with Crippen LogP contribution >= 0.6 is 11.6 Å². The van der Waals surface area contributed by atoms with Crippen molar-refractivity contribution in [2.75, 3.05) is 13.1 Å². The van der Waals surface area contributed by atoms with E-state index in [4.69, 9.17) is 16.3 Å². The van der Waals surface area contributed by atoms with E-state index in [-0.39, 0.29) is 23.9 Å². The van der Waals surface area contributed by atoms with Crippen LogP contribution in [0.25, 0.3) is 0 Å². The van der Waals surface area contributed by atoms with Gasteiger partial charge < -0.3 is 19.5 Å². The summed E-state index contributed by atoms with van der Waals surface area (Å²) in [4.78, 5) is 32.4. The molecule has 1 aromatic rings. The molecule has 0 bridgehead atoms. The molecule has 21 heavy (non-hydrogen) atoms. The summed E-state index contributed by atoms with van der Waals surface area (Å²) >= 11 is 5.90. The van der Waals surface area contributed by atoms with Crippen molar-refractivity contribution in [3.05, 3.63) is 23.2 Å². The average Bonchev–Trinajstić information content (AvgIpc) is 2.27. The number of aromatic nitrogens is 2. The predicted molar refractivity (Wildman–Crippen MR) is 71.5 cm³/mol. The molecule has 0 radical (unpaired) electrons. The fourth-order valence-corrected chi connectivity index (χ4v) is 2.36. The molecule has 7 nitrogen and oxygen atoms in total. The lowest BCUT2D eigenvalue weighted by atomic mass is 9.77. The summed E-state index contributed by atoms with van der Waals surface area (Å²) in [7, 11) is 0. The topological polar surface area (TPSA) is 95.5 Å². The van der Waals surface area contributed by atoms with Gasteiger partial charge in [-0.2, -0.15) is 0 Å². The second-order valence-corrected chi connectivity index (χ2v) is 6.26. The van der Waals surface area contributed by atoms with Crippen molar-refractivity contribution in [2.24, 2.45) is 0 Å². The maximum Gasteiger partial charge on any atom is 0.410 e. The summed E-state index contributed by atoms with van der Waals surface area (Å²) in [5.74, 6) is -1.34. The molecule has 2 rings (SSSR count). The van der Waals surface area contributed by atoms with E-state index in [0.29, 0.717) is 0 Å². The zero-order valence-corrected chi connectivity index (χ0v) is 12.7. The van der Waals surface area contributed by atoms with Crippen molar-refractivity contribution in [3.8, 4) is 0 Å². The zero-order chi connectivity index (χ0) is 15.8. The maximum atomic E-state index is 11.9. The van der Waals surface area contributed by atoms with Gasteiger partial charge >= 0.3 is 6.09 Å². The number of halogens is 1. The smallest absolute Gasteiger partial charge is 0.410 e. The molecule has 1 fully saturated rings. The Balaban J connectivity index is 2.18. The van der Waals surface area contributed by atoms with E-state index in [2.05, 4.69) is 9.97 Å². The first-order valence-corrected chi connectivity index (χ1v) is 6.70. The number of carboxylic acids is 1. The molecule has 114 valence electrons. The van der Waals surface area contributed by atoms with E-state index in [1.807, 2.05) is 0 Å². The first-order chi connectivity index (χ1) is 9.66. The highest BCUT2D eigenvalue weighted by Crippen LogP contribution is 2.36. The molecule has 1 amide bonds. The predicted octanol–water partition coefficient (Wildman–Crippen LogP) is 0.368. The molecule has 0 saturated carbocycles. The SMILES string of the molecule is CC(C)(C)OC(=O)N1CC(C(=O)[O-])(c2nccnc2Cl)C1. The molecular weight excluding hydrogens is 298 g/mol. The number of aliphatic carboxylic acids is 1. The quantitative estimate of drug-likeness (QED) is 0.783. The van der Waals surface area contributed by atoms with Gasteiger partial charge in [0.25, 0.3) is 0 Å². The van der Waals surface area contributed by atoms with Gasteiger partial charge in [-0.15, -0.1) is 0 Å². The second-order valence-electron chi connectivity index (χ2n) is 5.90. The molecule has 0 aliphatic carbocycles. The van der Waals surface area contributed by atoms with Gasteiger partial charge in [0.15, 0.2) is 5.15 Å². The van der Waals surface area contributed by atoms with Gasteiger partial charge in [0.2, 0.25) is 0 Å². The molecule has 1 aromatic heterocycles. The van der Waals surface area contributed by atoms with Gasteiger partial charge in [0, 0.05) is 25.5 Å². The minimum atomic E-state index is -1.44. The monoisotopic (exact) mass is 312 g/mol. The number of ether oxygens (including phenoxy) is 1. The van der Waals surface area contributed by atoms with Crippen molar-refractivity contribution in [2.45, 2.75) is 31.8 Å². The molecule has 1 saturated heterocycles. The van der Waals surface area contributed by atoms with E-state index in [0.717, 1.165) is 0 Å². The van der Waals surface area contributed by atoms with Crippen molar-refractivity contribution >= 4 is 23.7 Å². The number of carbonyl (C=O) groups is 2. The van der Waals surface area contributed by atoms with Gasteiger partial charge in [-0.1, -0.05) is 11.6 Å². The van der Waals surface area contributed by atoms with Crippen molar-refractivity contribution < 1.29 is 19.4 Å². The van der Waals surface area contributed by atoms with E-state index < -0.39 is 23.1 Å². The summed E-state index contributed by atoms with van der Waals surface area (Å²) in [6, 6.07) is 0. The van der Waals surface area contributed by atoms with E-state index >= 15 is 0 Å².